The van der Waals surface area contributed by atoms with Crippen molar-refractivity contribution in [2.75, 3.05) is 24.2 Å². The fourth-order valence-corrected chi connectivity index (χ4v) is 0.842. The van der Waals surface area contributed by atoms with Gasteiger partial charge in [-0.2, -0.15) is 0 Å². The number of hydrogen-bond acceptors (Lipinski definition) is 4. The van der Waals surface area contributed by atoms with Gasteiger partial charge in [0.25, 0.3) is 5.92 Å². The minimum absolute atomic E-state index is 0.391. The summed E-state index contributed by atoms with van der Waals surface area (Å²) in [5.74, 6) is -3.13. The van der Waals surface area contributed by atoms with Crippen molar-refractivity contribution in [3.63, 3.8) is 0 Å². The van der Waals surface area contributed by atoms with Crippen LogP contribution >= 0.6 is 0 Å². The molecule has 4 N–H and O–H groups in total. The zero-order valence-electron chi connectivity index (χ0n) is 7.37. The summed E-state index contributed by atoms with van der Waals surface area (Å²) in [7, 11) is 0. The van der Waals surface area contributed by atoms with Gasteiger partial charge in [-0.25, -0.2) is 8.78 Å². The molecule has 0 aliphatic rings. The lowest BCUT2D eigenvalue weighted by molar-refractivity contribution is -0.0372. The molecule has 0 aliphatic carbocycles. The molecule has 6 heteroatoms. The van der Waals surface area contributed by atoms with Crippen molar-refractivity contribution in [2.45, 2.75) is 5.92 Å². The van der Waals surface area contributed by atoms with Crippen molar-refractivity contribution in [1.29, 1.82) is 0 Å². The average molecular weight is 203 g/mol. The van der Waals surface area contributed by atoms with Gasteiger partial charge < -0.3 is 16.2 Å². The number of aliphatic hydroxyl groups is 1. The second-order valence-electron chi connectivity index (χ2n) is 2.87. The molecule has 0 saturated heterocycles. The van der Waals surface area contributed by atoms with E-state index >= 15 is 0 Å². The molecule has 0 bridgehead atoms. The van der Waals surface area contributed by atoms with Crippen LogP contribution in [0, 0.1) is 0 Å². The van der Waals surface area contributed by atoms with Gasteiger partial charge in [0, 0.05) is 6.20 Å². The first-order chi connectivity index (χ1) is 6.53. The quantitative estimate of drug-likeness (QED) is 0.673. The minimum Gasteiger partial charge on any atom is -0.397 e. The molecule has 1 rings (SSSR count). The summed E-state index contributed by atoms with van der Waals surface area (Å²) in [6.07, 6.45) is 2.79. The molecule has 0 radical (unpaired) electrons. The van der Waals surface area contributed by atoms with Crippen molar-refractivity contribution < 1.29 is 13.9 Å². The Kier molecular flexibility index (Phi) is 3.19. The molecule has 14 heavy (non-hydrogen) atoms. The smallest absolute Gasteiger partial charge is 0.287 e. The Hall–Kier alpha value is -1.43. The van der Waals surface area contributed by atoms with Crippen LogP contribution in [0.25, 0.3) is 0 Å². The lowest BCUT2D eigenvalue weighted by Gasteiger charge is -2.14. The van der Waals surface area contributed by atoms with Crippen molar-refractivity contribution >= 4 is 11.4 Å². The van der Waals surface area contributed by atoms with Crippen LogP contribution in [0.5, 0.6) is 0 Å². The second-order valence-corrected chi connectivity index (χ2v) is 2.87. The number of aromatic nitrogens is 1. The van der Waals surface area contributed by atoms with Crippen molar-refractivity contribution in [1.82, 2.24) is 4.98 Å². The number of hydrogen-bond donors (Lipinski definition) is 3. The van der Waals surface area contributed by atoms with Gasteiger partial charge in [0.1, 0.15) is 6.61 Å². The highest BCUT2D eigenvalue weighted by Gasteiger charge is 2.27. The van der Waals surface area contributed by atoms with E-state index < -0.39 is 19.1 Å². The highest BCUT2D eigenvalue weighted by molar-refractivity contribution is 5.51. The Morgan fingerprint density at radius 1 is 1.50 bits per heavy atom. The maximum Gasteiger partial charge on any atom is 0.287 e. The van der Waals surface area contributed by atoms with Crippen LogP contribution in [0.2, 0.25) is 0 Å². The molecule has 1 aromatic heterocycles. The van der Waals surface area contributed by atoms with E-state index in [9.17, 15) is 8.78 Å². The Morgan fingerprint density at radius 3 is 2.79 bits per heavy atom. The van der Waals surface area contributed by atoms with Crippen LogP contribution in [0.4, 0.5) is 20.2 Å². The SMILES string of the molecule is Nc1cncc(NCC(F)(F)CO)c1. The van der Waals surface area contributed by atoms with Crippen molar-refractivity contribution in [3.8, 4) is 0 Å². The van der Waals surface area contributed by atoms with Crippen LogP contribution in [0.1, 0.15) is 0 Å². The molecule has 1 heterocycles. The van der Waals surface area contributed by atoms with Crippen LogP contribution < -0.4 is 11.1 Å². The third-order valence-corrected chi connectivity index (χ3v) is 1.54. The van der Waals surface area contributed by atoms with Crippen LogP contribution in [0.3, 0.4) is 0 Å². The lowest BCUT2D eigenvalue weighted by Crippen LogP contribution is -2.31. The van der Waals surface area contributed by atoms with E-state index in [1.807, 2.05) is 0 Å². The van der Waals surface area contributed by atoms with Gasteiger partial charge in [0.15, 0.2) is 0 Å². The van der Waals surface area contributed by atoms with E-state index in [0.29, 0.717) is 11.4 Å². The van der Waals surface area contributed by atoms with E-state index in [1.165, 1.54) is 18.5 Å². The van der Waals surface area contributed by atoms with Gasteiger partial charge in [-0.05, 0) is 6.07 Å². The number of nitrogens with zero attached hydrogens (tertiary/aromatic N) is 1. The van der Waals surface area contributed by atoms with Crippen molar-refractivity contribution in [3.05, 3.63) is 18.5 Å². The Morgan fingerprint density at radius 2 is 2.21 bits per heavy atom. The fourth-order valence-electron chi connectivity index (χ4n) is 0.842. The van der Waals surface area contributed by atoms with Crippen molar-refractivity contribution in [2.24, 2.45) is 0 Å². The summed E-state index contributed by atoms with van der Waals surface area (Å²) in [6.45, 7) is -1.83. The molecule has 0 aliphatic heterocycles. The van der Waals surface area contributed by atoms with Gasteiger partial charge in [-0.3, -0.25) is 4.98 Å². The van der Waals surface area contributed by atoms with Gasteiger partial charge in [0.2, 0.25) is 0 Å². The molecule has 0 saturated carbocycles. The number of rotatable bonds is 4. The molecule has 4 nitrogen and oxygen atoms in total. The van der Waals surface area contributed by atoms with E-state index in [-0.39, 0.29) is 0 Å². The van der Waals surface area contributed by atoms with Crippen LogP contribution in [-0.2, 0) is 0 Å². The normalized spacial score (nSPS) is 11.4. The number of nitrogens with one attached hydrogen (secondary N) is 1. The van der Waals surface area contributed by atoms with E-state index in [1.54, 1.807) is 0 Å². The number of halogens is 2. The van der Waals surface area contributed by atoms with E-state index in [0.717, 1.165) is 0 Å². The number of aliphatic hydroxyl groups excluding tert-OH is 1. The molecule has 1 aromatic rings. The topological polar surface area (TPSA) is 71.2 Å². The third kappa shape index (κ3) is 3.14. The summed E-state index contributed by atoms with van der Waals surface area (Å²) < 4.78 is 25.1. The number of pyridine rings is 1. The third-order valence-electron chi connectivity index (χ3n) is 1.54. The summed E-state index contributed by atoms with van der Waals surface area (Å²) in [4.78, 5) is 3.72. The van der Waals surface area contributed by atoms with Gasteiger partial charge >= 0.3 is 0 Å². The Balaban J connectivity index is 2.54. The number of alkyl halides is 2. The van der Waals surface area contributed by atoms with Gasteiger partial charge in [0.05, 0.1) is 24.1 Å². The summed E-state index contributed by atoms with van der Waals surface area (Å²) >= 11 is 0. The Bertz CT molecular complexity index is 306. The van der Waals surface area contributed by atoms with Crippen LogP contribution in [0.15, 0.2) is 18.5 Å². The second kappa shape index (κ2) is 4.19. The zero-order valence-corrected chi connectivity index (χ0v) is 7.37. The molecule has 0 spiro atoms. The first-order valence-electron chi connectivity index (χ1n) is 3.96. The zero-order chi connectivity index (χ0) is 10.6. The molecule has 0 unspecified atom stereocenters. The molecule has 78 valence electrons. The molecule has 0 fully saturated rings. The number of anilines is 2. The summed E-state index contributed by atoms with van der Waals surface area (Å²) in [5.41, 5.74) is 6.18. The maximum absolute atomic E-state index is 12.6. The van der Waals surface area contributed by atoms with Gasteiger partial charge in [-0.15, -0.1) is 0 Å². The molecule has 0 atom stereocenters. The minimum atomic E-state index is -3.13. The lowest BCUT2D eigenvalue weighted by atomic mass is 10.3. The summed E-state index contributed by atoms with van der Waals surface area (Å²) in [5, 5.41) is 10.7. The summed E-state index contributed by atoms with van der Waals surface area (Å²) in [6, 6.07) is 1.49. The van der Waals surface area contributed by atoms with Gasteiger partial charge in [-0.1, -0.05) is 0 Å². The Labute approximate surface area is 79.8 Å². The van der Waals surface area contributed by atoms with Crippen LogP contribution in [-0.4, -0.2) is 29.2 Å². The highest BCUT2D eigenvalue weighted by atomic mass is 19.3. The van der Waals surface area contributed by atoms with E-state index in [4.69, 9.17) is 10.8 Å². The molecule has 0 amide bonds. The fraction of sp³-hybridized carbons (Fsp3) is 0.375. The average Bonchev–Trinajstić information content (AvgIpc) is 2.15. The predicted octanol–water partition coefficient (Wildman–Crippen LogP) is 0.703. The first-order valence-corrected chi connectivity index (χ1v) is 3.96. The monoisotopic (exact) mass is 203 g/mol. The predicted molar refractivity (Wildman–Crippen MR) is 49.2 cm³/mol. The standard InChI is InChI=1S/C8H11F2N3O/c9-8(10,5-14)4-13-7-1-6(11)2-12-3-7/h1-3,13-14H,4-5,11H2. The number of nitrogen functional groups attached to an aromatic ring is 1. The molecular weight excluding hydrogens is 192 g/mol. The number of nitrogens with two attached hydrogens (primary N) is 1. The largest absolute Gasteiger partial charge is 0.397 e. The molecule has 0 aromatic carbocycles. The van der Waals surface area contributed by atoms with E-state index in [2.05, 4.69) is 10.3 Å². The maximum atomic E-state index is 12.6. The molecular formula is C8H11F2N3O. The first kappa shape index (κ1) is 10.6. The highest BCUT2D eigenvalue weighted by Crippen LogP contribution is 2.15.